The predicted octanol–water partition coefficient (Wildman–Crippen LogP) is 5.79. The standard InChI is InChI=1S/C26H22N2O2/c1-3-22(19-10-6-5-7-11-19)26(20-15-17-28-21(18-20)14-16-27-28)23-12-8-9-13-24(23)30-25(29)4-2/h4-18H,2-3H2,1H3/b26-22+. The first-order chi connectivity index (χ1) is 14.7. The summed E-state index contributed by atoms with van der Waals surface area (Å²) in [5, 5.41) is 4.30. The van der Waals surface area contributed by atoms with E-state index in [1.165, 1.54) is 11.6 Å². The Balaban J connectivity index is 2.01. The molecule has 0 N–H and O–H groups in total. The molecule has 0 radical (unpaired) electrons. The number of rotatable bonds is 6. The van der Waals surface area contributed by atoms with Gasteiger partial charge in [-0.3, -0.25) is 0 Å². The van der Waals surface area contributed by atoms with Gasteiger partial charge in [0.05, 0.1) is 5.52 Å². The minimum absolute atomic E-state index is 0.481. The highest BCUT2D eigenvalue weighted by Gasteiger charge is 2.18. The van der Waals surface area contributed by atoms with Gasteiger partial charge in [-0.25, -0.2) is 9.31 Å². The normalized spacial score (nSPS) is 11.8. The van der Waals surface area contributed by atoms with E-state index in [4.69, 9.17) is 4.74 Å². The molecule has 4 rings (SSSR count). The number of fused-ring (bicyclic) bond motifs is 1. The molecule has 2 aromatic carbocycles. The largest absolute Gasteiger partial charge is 0.423 e. The highest BCUT2D eigenvalue weighted by atomic mass is 16.5. The zero-order chi connectivity index (χ0) is 20.9. The van der Waals surface area contributed by atoms with Gasteiger partial charge in [0.25, 0.3) is 0 Å². The van der Waals surface area contributed by atoms with Crippen molar-refractivity contribution in [1.82, 2.24) is 9.61 Å². The number of nitrogens with zero attached hydrogens (tertiary/aromatic N) is 2. The van der Waals surface area contributed by atoms with Crippen LogP contribution >= 0.6 is 0 Å². The zero-order valence-corrected chi connectivity index (χ0v) is 16.8. The molecule has 0 aliphatic carbocycles. The number of hydrogen-bond acceptors (Lipinski definition) is 3. The number of hydrogen-bond donors (Lipinski definition) is 0. The Hall–Kier alpha value is -3.92. The topological polar surface area (TPSA) is 43.6 Å². The van der Waals surface area contributed by atoms with Gasteiger partial charge in [-0.05, 0) is 53.0 Å². The van der Waals surface area contributed by atoms with Crippen LogP contribution in [0, 0.1) is 0 Å². The maximum Gasteiger partial charge on any atom is 0.335 e. The summed E-state index contributed by atoms with van der Waals surface area (Å²) in [7, 11) is 0. The van der Waals surface area contributed by atoms with Gasteiger partial charge in [0.15, 0.2) is 0 Å². The van der Waals surface area contributed by atoms with Gasteiger partial charge >= 0.3 is 5.97 Å². The minimum Gasteiger partial charge on any atom is -0.423 e. The number of carbonyl (C=O) groups excluding carboxylic acids is 1. The lowest BCUT2D eigenvalue weighted by atomic mass is 9.88. The predicted molar refractivity (Wildman–Crippen MR) is 120 cm³/mol. The number of esters is 1. The first-order valence-corrected chi connectivity index (χ1v) is 9.87. The molecule has 0 spiro atoms. The van der Waals surface area contributed by atoms with Gasteiger partial charge < -0.3 is 4.74 Å². The fourth-order valence-corrected chi connectivity index (χ4v) is 3.65. The molecule has 148 valence electrons. The van der Waals surface area contributed by atoms with Crippen molar-refractivity contribution in [2.75, 3.05) is 0 Å². The van der Waals surface area contributed by atoms with Crippen LogP contribution in [-0.4, -0.2) is 15.6 Å². The Labute approximate surface area is 175 Å². The van der Waals surface area contributed by atoms with Crippen LogP contribution < -0.4 is 4.74 Å². The van der Waals surface area contributed by atoms with Crippen LogP contribution in [0.15, 0.2) is 97.8 Å². The monoisotopic (exact) mass is 394 g/mol. The van der Waals surface area contributed by atoms with Crippen molar-refractivity contribution >= 4 is 22.6 Å². The van der Waals surface area contributed by atoms with Crippen LogP contribution in [0.25, 0.3) is 16.7 Å². The quantitative estimate of drug-likeness (QED) is 0.180. The van der Waals surface area contributed by atoms with Gasteiger partial charge in [0.1, 0.15) is 5.75 Å². The van der Waals surface area contributed by atoms with Crippen molar-refractivity contribution < 1.29 is 9.53 Å². The van der Waals surface area contributed by atoms with Crippen molar-refractivity contribution in [3.63, 3.8) is 0 Å². The third-order valence-electron chi connectivity index (χ3n) is 5.00. The van der Waals surface area contributed by atoms with Crippen LogP contribution in [0.2, 0.25) is 0 Å². The van der Waals surface area contributed by atoms with Gasteiger partial charge in [-0.2, -0.15) is 5.10 Å². The molecule has 0 saturated heterocycles. The lowest BCUT2D eigenvalue weighted by molar-refractivity contribution is -0.128. The van der Waals surface area contributed by atoms with E-state index in [9.17, 15) is 4.79 Å². The summed E-state index contributed by atoms with van der Waals surface area (Å²) in [5.74, 6) is 0.0264. The molecule has 2 heterocycles. The van der Waals surface area contributed by atoms with E-state index in [-0.39, 0.29) is 0 Å². The maximum absolute atomic E-state index is 12.0. The average Bonchev–Trinajstić information content (AvgIpc) is 3.26. The fourth-order valence-electron chi connectivity index (χ4n) is 3.65. The maximum atomic E-state index is 12.0. The van der Waals surface area contributed by atoms with E-state index in [0.29, 0.717) is 5.75 Å². The third-order valence-corrected chi connectivity index (χ3v) is 5.00. The second kappa shape index (κ2) is 8.62. The van der Waals surface area contributed by atoms with Crippen LogP contribution in [0.4, 0.5) is 0 Å². The second-order valence-electron chi connectivity index (χ2n) is 6.81. The molecule has 0 unspecified atom stereocenters. The molecule has 0 aliphatic heterocycles. The summed E-state index contributed by atoms with van der Waals surface area (Å²) in [4.78, 5) is 12.0. The average molecular weight is 394 g/mol. The van der Waals surface area contributed by atoms with Gasteiger partial charge in [0, 0.05) is 24.0 Å². The number of pyridine rings is 1. The van der Waals surface area contributed by atoms with Gasteiger partial charge in [-0.15, -0.1) is 0 Å². The summed E-state index contributed by atoms with van der Waals surface area (Å²) in [6.07, 6.45) is 5.71. The molecule has 4 aromatic rings. The lowest BCUT2D eigenvalue weighted by Gasteiger charge is -2.18. The van der Waals surface area contributed by atoms with Crippen molar-refractivity contribution in [2.45, 2.75) is 13.3 Å². The summed E-state index contributed by atoms with van der Waals surface area (Å²) < 4.78 is 7.42. The van der Waals surface area contributed by atoms with E-state index in [2.05, 4.69) is 36.8 Å². The first kappa shape index (κ1) is 19.4. The Morgan fingerprint density at radius 3 is 2.57 bits per heavy atom. The fraction of sp³-hybridized carbons (Fsp3) is 0.0769. The number of ether oxygens (including phenoxy) is 1. The molecule has 4 nitrogen and oxygen atoms in total. The second-order valence-corrected chi connectivity index (χ2v) is 6.81. The van der Waals surface area contributed by atoms with Crippen molar-refractivity contribution in [3.05, 3.63) is 115 Å². The molecule has 2 aromatic heterocycles. The van der Waals surface area contributed by atoms with Crippen LogP contribution in [0.5, 0.6) is 5.75 Å². The van der Waals surface area contributed by atoms with Gasteiger partial charge in [-0.1, -0.05) is 62.0 Å². The van der Waals surface area contributed by atoms with Crippen molar-refractivity contribution in [3.8, 4) is 5.75 Å². The lowest BCUT2D eigenvalue weighted by Crippen LogP contribution is -2.06. The van der Waals surface area contributed by atoms with E-state index in [1.54, 1.807) is 6.20 Å². The number of aromatic nitrogens is 2. The van der Waals surface area contributed by atoms with Gasteiger partial charge in [0.2, 0.25) is 0 Å². The molecular formula is C26H22N2O2. The van der Waals surface area contributed by atoms with Crippen LogP contribution in [0.1, 0.15) is 30.0 Å². The van der Waals surface area contributed by atoms with Crippen LogP contribution in [0.3, 0.4) is 0 Å². The number of para-hydroxylation sites is 1. The smallest absolute Gasteiger partial charge is 0.335 e. The zero-order valence-electron chi connectivity index (χ0n) is 16.8. The molecule has 4 heteroatoms. The van der Waals surface area contributed by atoms with E-state index in [0.717, 1.165) is 34.2 Å². The summed E-state index contributed by atoms with van der Waals surface area (Å²) in [6, 6.07) is 24.0. The minimum atomic E-state index is -0.481. The highest BCUT2D eigenvalue weighted by Crippen LogP contribution is 2.38. The number of benzene rings is 2. The summed E-state index contributed by atoms with van der Waals surface area (Å²) in [5.41, 5.74) is 6.21. The molecule has 0 aliphatic rings. The Kier molecular flexibility index (Phi) is 5.57. The van der Waals surface area contributed by atoms with Crippen molar-refractivity contribution in [2.24, 2.45) is 0 Å². The number of allylic oxidation sites excluding steroid dienone is 1. The number of carbonyl (C=O) groups is 1. The van der Waals surface area contributed by atoms with E-state index >= 15 is 0 Å². The SMILES string of the molecule is C=CC(=O)Oc1ccccc1/C(=C(\CC)c1ccccc1)c1ccn2nccc2c1. The molecule has 30 heavy (non-hydrogen) atoms. The Morgan fingerprint density at radius 2 is 1.80 bits per heavy atom. The van der Waals surface area contributed by atoms with Crippen LogP contribution in [-0.2, 0) is 4.79 Å². The van der Waals surface area contributed by atoms with E-state index < -0.39 is 5.97 Å². The highest BCUT2D eigenvalue weighted by molar-refractivity contribution is 6.01. The van der Waals surface area contributed by atoms with E-state index in [1.807, 2.05) is 65.3 Å². The first-order valence-electron chi connectivity index (χ1n) is 9.87. The Bertz CT molecular complexity index is 1240. The molecule has 0 fully saturated rings. The molecule has 0 bridgehead atoms. The molecule has 0 atom stereocenters. The molecule has 0 amide bonds. The molecule has 0 saturated carbocycles. The van der Waals surface area contributed by atoms with Crippen molar-refractivity contribution in [1.29, 1.82) is 0 Å². The Morgan fingerprint density at radius 1 is 1.03 bits per heavy atom. The third kappa shape index (κ3) is 3.80. The summed E-state index contributed by atoms with van der Waals surface area (Å²) >= 11 is 0. The molecular weight excluding hydrogens is 372 g/mol. The summed E-state index contributed by atoms with van der Waals surface area (Å²) in [6.45, 7) is 5.66.